The fourth-order valence-corrected chi connectivity index (χ4v) is 5.78. The van der Waals surface area contributed by atoms with Gasteiger partial charge in [0.15, 0.2) is 0 Å². The number of nitrogens with zero attached hydrogens (tertiary/aromatic N) is 4. The molecule has 1 fully saturated rings. The Balaban J connectivity index is 1.32. The van der Waals surface area contributed by atoms with E-state index in [1.807, 2.05) is 29.0 Å². The Morgan fingerprint density at radius 1 is 1.14 bits per heavy atom. The predicted octanol–water partition coefficient (Wildman–Crippen LogP) is 4.91. The zero-order valence-corrected chi connectivity index (χ0v) is 20.2. The fraction of sp³-hybridized carbons (Fsp3) is 0.321. The molecule has 7 nitrogen and oxygen atoms in total. The van der Waals surface area contributed by atoms with Crippen molar-refractivity contribution in [2.75, 3.05) is 7.05 Å². The lowest BCUT2D eigenvalue weighted by Crippen LogP contribution is -2.30. The van der Waals surface area contributed by atoms with E-state index in [1.165, 1.54) is 18.9 Å². The van der Waals surface area contributed by atoms with Crippen molar-refractivity contribution in [2.45, 2.75) is 50.4 Å². The van der Waals surface area contributed by atoms with Gasteiger partial charge in [0, 0.05) is 60.2 Å². The van der Waals surface area contributed by atoms with Gasteiger partial charge in [0.1, 0.15) is 5.75 Å². The molecule has 3 aliphatic rings. The Kier molecular flexibility index (Phi) is 5.04. The molecule has 2 bridgehead atoms. The Morgan fingerprint density at radius 2 is 2.00 bits per heavy atom. The lowest BCUT2D eigenvalue weighted by atomic mass is 9.88. The highest BCUT2D eigenvalue weighted by Crippen LogP contribution is 2.53. The Labute approximate surface area is 212 Å². The summed E-state index contributed by atoms with van der Waals surface area (Å²) in [6.07, 6.45) is 6.83. The highest BCUT2D eigenvalue weighted by Gasteiger charge is 2.46. The number of halogens is 2. The molecular weight excluding hydrogens is 476 g/mol. The number of carbonyl (C=O) groups is 1. The predicted molar refractivity (Wildman–Crippen MR) is 133 cm³/mol. The van der Waals surface area contributed by atoms with E-state index < -0.39 is 6.61 Å². The van der Waals surface area contributed by atoms with Gasteiger partial charge in [-0.05, 0) is 55.2 Å². The van der Waals surface area contributed by atoms with Crippen molar-refractivity contribution in [1.29, 1.82) is 0 Å². The molecule has 9 heteroatoms. The number of carbonyl (C=O) groups excluding carboxylic acids is 1. The van der Waals surface area contributed by atoms with Crippen molar-refractivity contribution in [1.82, 2.24) is 24.8 Å². The summed E-state index contributed by atoms with van der Waals surface area (Å²) in [4.78, 5) is 19.6. The number of hydrogen-bond donors (Lipinski definition) is 1. The molecule has 1 N–H and O–H groups in total. The number of aromatic nitrogens is 3. The average Bonchev–Trinajstić information content (AvgIpc) is 3.58. The van der Waals surface area contributed by atoms with Gasteiger partial charge in [-0.2, -0.15) is 13.9 Å². The lowest BCUT2D eigenvalue weighted by Gasteiger charge is -2.23. The molecule has 3 aromatic heterocycles. The van der Waals surface area contributed by atoms with E-state index in [1.54, 1.807) is 24.1 Å². The molecule has 4 heterocycles. The van der Waals surface area contributed by atoms with Gasteiger partial charge in [-0.15, -0.1) is 0 Å². The van der Waals surface area contributed by atoms with Crippen LogP contribution in [-0.2, 0) is 6.54 Å². The van der Waals surface area contributed by atoms with Crippen LogP contribution in [0.2, 0.25) is 0 Å². The molecule has 4 aromatic rings. The molecule has 0 radical (unpaired) electrons. The minimum atomic E-state index is -2.98. The van der Waals surface area contributed by atoms with Crippen LogP contribution in [0, 0.1) is 0 Å². The Bertz CT molecular complexity index is 1530. The van der Waals surface area contributed by atoms with Crippen molar-refractivity contribution < 1.29 is 18.3 Å². The highest BCUT2D eigenvalue weighted by atomic mass is 19.3. The van der Waals surface area contributed by atoms with E-state index >= 15 is 0 Å². The van der Waals surface area contributed by atoms with Gasteiger partial charge in [0.05, 0.1) is 22.9 Å². The van der Waals surface area contributed by atoms with Crippen LogP contribution >= 0.6 is 0 Å². The van der Waals surface area contributed by atoms with Crippen LogP contribution in [0.4, 0.5) is 8.78 Å². The molecule has 1 aliphatic heterocycles. The first-order chi connectivity index (χ1) is 18.0. The molecule has 188 valence electrons. The second-order valence-corrected chi connectivity index (χ2v) is 10.1. The number of nitrogens with one attached hydrogen (secondary N) is 1. The molecule has 7 rings (SSSR count). The van der Waals surface area contributed by atoms with Crippen LogP contribution in [0.25, 0.3) is 16.6 Å². The third-order valence-corrected chi connectivity index (χ3v) is 7.78. The number of ether oxygens (including phenoxy) is 1. The van der Waals surface area contributed by atoms with Crippen molar-refractivity contribution in [2.24, 2.45) is 0 Å². The normalized spacial score (nSPS) is 20.3. The zero-order chi connectivity index (χ0) is 25.3. The van der Waals surface area contributed by atoms with Crippen LogP contribution in [0.1, 0.15) is 64.1 Å². The van der Waals surface area contributed by atoms with E-state index in [-0.39, 0.29) is 23.6 Å². The number of rotatable bonds is 6. The number of benzene rings is 1. The summed E-state index contributed by atoms with van der Waals surface area (Å²) >= 11 is 0. The van der Waals surface area contributed by atoms with Crippen LogP contribution in [0.15, 0.2) is 54.9 Å². The highest BCUT2D eigenvalue weighted by molar-refractivity contribution is 5.98. The summed E-state index contributed by atoms with van der Waals surface area (Å²) in [5.41, 5.74) is 6.53. The van der Waals surface area contributed by atoms with E-state index in [4.69, 9.17) is 9.84 Å². The first-order valence-corrected chi connectivity index (χ1v) is 12.5. The van der Waals surface area contributed by atoms with Gasteiger partial charge in [0.25, 0.3) is 5.91 Å². The standard InChI is InChI=1S/C28H25F2N5O2/c1-34-22-12-20(24-19(27(34)36)3-2-4-23(24)37-28(29)30)25-21-11-15(9-10-35(21)33-26(22)25)16-5-6-18(31-13-16)14-32-17-7-8-17/h2-6,9-11,13,17,20,22,28,32H,7-8,12,14H2,1H3. The Hall–Kier alpha value is -3.85. The largest absolute Gasteiger partial charge is 0.434 e. The van der Waals surface area contributed by atoms with Crippen LogP contribution < -0.4 is 10.1 Å². The Morgan fingerprint density at radius 3 is 2.76 bits per heavy atom. The fourth-order valence-electron chi connectivity index (χ4n) is 5.78. The monoisotopic (exact) mass is 501 g/mol. The summed E-state index contributed by atoms with van der Waals surface area (Å²) in [7, 11) is 1.75. The SMILES string of the molecule is CN1C(=O)c2cccc(OC(F)F)c2C2CC1c1nn3ccc(-c4ccc(CNC5CC5)nc4)cc3c12. The molecule has 0 saturated heterocycles. The van der Waals surface area contributed by atoms with Crippen LogP contribution in [0.3, 0.4) is 0 Å². The van der Waals surface area contributed by atoms with Crippen molar-refractivity contribution in [3.8, 4) is 16.9 Å². The van der Waals surface area contributed by atoms with Crippen LogP contribution in [-0.4, -0.2) is 45.1 Å². The summed E-state index contributed by atoms with van der Waals surface area (Å²) in [5, 5.41) is 8.31. The second kappa shape index (κ2) is 8.34. The molecule has 0 spiro atoms. The maximum Gasteiger partial charge on any atom is 0.387 e. The molecule has 1 saturated carbocycles. The van der Waals surface area contributed by atoms with E-state index in [2.05, 4.69) is 22.4 Å². The molecule has 2 unspecified atom stereocenters. The molecule has 2 atom stereocenters. The van der Waals surface area contributed by atoms with Gasteiger partial charge in [-0.25, -0.2) is 4.52 Å². The van der Waals surface area contributed by atoms with E-state index in [0.717, 1.165) is 40.1 Å². The first-order valence-electron chi connectivity index (χ1n) is 12.5. The van der Waals surface area contributed by atoms with Gasteiger partial charge in [-0.1, -0.05) is 12.1 Å². The quantitative estimate of drug-likeness (QED) is 0.407. The topological polar surface area (TPSA) is 71.8 Å². The number of hydrogen-bond acceptors (Lipinski definition) is 5. The second-order valence-electron chi connectivity index (χ2n) is 10.1. The molecule has 1 amide bonds. The van der Waals surface area contributed by atoms with Gasteiger partial charge in [0.2, 0.25) is 0 Å². The smallest absolute Gasteiger partial charge is 0.387 e. The van der Waals surface area contributed by atoms with Gasteiger partial charge >= 0.3 is 6.61 Å². The lowest BCUT2D eigenvalue weighted by molar-refractivity contribution is -0.0505. The number of amides is 1. The van der Waals surface area contributed by atoms with E-state index in [9.17, 15) is 13.6 Å². The molecular formula is C28H25F2N5O2. The molecule has 1 aromatic carbocycles. The average molecular weight is 502 g/mol. The summed E-state index contributed by atoms with van der Waals surface area (Å²) in [6, 6.07) is 13.3. The number of pyridine rings is 2. The summed E-state index contributed by atoms with van der Waals surface area (Å²) < 4.78 is 33.3. The third-order valence-electron chi connectivity index (χ3n) is 7.78. The summed E-state index contributed by atoms with van der Waals surface area (Å²) in [6.45, 7) is -2.22. The summed E-state index contributed by atoms with van der Waals surface area (Å²) in [5.74, 6) is -0.462. The maximum absolute atomic E-state index is 13.3. The minimum absolute atomic E-state index is 0.0443. The van der Waals surface area contributed by atoms with Gasteiger partial charge < -0.3 is 15.0 Å². The molecule has 2 aliphatic carbocycles. The van der Waals surface area contributed by atoms with E-state index in [0.29, 0.717) is 23.6 Å². The van der Waals surface area contributed by atoms with Crippen LogP contribution in [0.5, 0.6) is 5.75 Å². The van der Waals surface area contributed by atoms with Crippen molar-refractivity contribution in [3.63, 3.8) is 0 Å². The van der Waals surface area contributed by atoms with Crippen molar-refractivity contribution >= 4 is 11.4 Å². The van der Waals surface area contributed by atoms with Crippen molar-refractivity contribution in [3.05, 3.63) is 82.9 Å². The third kappa shape index (κ3) is 3.68. The molecule has 37 heavy (non-hydrogen) atoms. The van der Waals surface area contributed by atoms with Gasteiger partial charge in [-0.3, -0.25) is 9.78 Å². The minimum Gasteiger partial charge on any atom is -0.434 e. The first kappa shape index (κ1) is 22.4. The number of fused-ring (bicyclic) bond motifs is 9. The number of alkyl halides is 2. The zero-order valence-electron chi connectivity index (χ0n) is 20.2. The maximum atomic E-state index is 13.3.